The summed E-state index contributed by atoms with van der Waals surface area (Å²) >= 11 is 2.43. The number of nitrogens with zero attached hydrogens (tertiary/aromatic N) is 2. The molecule has 21 heavy (non-hydrogen) atoms. The van der Waals surface area contributed by atoms with Crippen molar-refractivity contribution in [2.45, 2.75) is 33.1 Å². The fraction of sp³-hybridized carbons (Fsp3) is 0.412. The Kier molecular flexibility index (Phi) is 7.82. The summed E-state index contributed by atoms with van der Waals surface area (Å²) in [6.07, 6.45) is 2.03. The standard InChI is InChI=1S/C17H22N2OSe/c1-3-19(4-2)17(20)16(21)15(12-8-9-13-18)14-10-6-5-7-11-14/h5-7,10-11,21H,3-4,8-9,12H2,1-2H3. The zero-order valence-electron chi connectivity index (χ0n) is 12.7. The number of unbranched alkanes of at least 4 members (excludes halogenated alkanes) is 1. The molecule has 0 radical (unpaired) electrons. The minimum absolute atomic E-state index is 0.0656. The quantitative estimate of drug-likeness (QED) is 0.432. The molecule has 1 aromatic carbocycles. The van der Waals surface area contributed by atoms with E-state index in [0.29, 0.717) is 19.5 Å². The number of hydrogen-bond acceptors (Lipinski definition) is 2. The third-order valence-corrected chi connectivity index (χ3v) is 4.34. The zero-order valence-corrected chi connectivity index (χ0v) is 14.5. The molecular weight excluding hydrogens is 327 g/mol. The van der Waals surface area contributed by atoms with Crippen LogP contribution in [0.4, 0.5) is 0 Å². The Morgan fingerprint density at radius 3 is 2.38 bits per heavy atom. The van der Waals surface area contributed by atoms with Gasteiger partial charge in [-0.25, -0.2) is 0 Å². The van der Waals surface area contributed by atoms with Crippen molar-refractivity contribution in [1.82, 2.24) is 4.90 Å². The first-order chi connectivity index (χ1) is 10.2. The van der Waals surface area contributed by atoms with Gasteiger partial charge in [0.15, 0.2) is 0 Å². The molecule has 1 rings (SSSR count). The topological polar surface area (TPSA) is 44.1 Å². The molecule has 0 unspecified atom stereocenters. The van der Waals surface area contributed by atoms with Crippen molar-refractivity contribution in [2.24, 2.45) is 0 Å². The van der Waals surface area contributed by atoms with Crippen LogP contribution in [0.3, 0.4) is 0 Å². The fourth-order valence-electron chi connectivity index (χ4n) is 2.17. The fourth-order valence-corrected chi connectivity index (χ4v) is 2.97. The van der Waals surface area contributed by atoms with Crippen LogP contribution in [-0.2, 0) is 4.79 Å². The summed E-state index contributed by atoms with van der Waals surface area (Å²) in [5.41, 5.74) is 2.09. The molecule has 0 fully saturated rings. The van der Waals surface area contributed by atoms with Crippen LogP contribution in [0.1, 0.15) is 38.7 Å². The van der Waals surface area contributed by atoms with E-state index in [1.54, 1.807) is 0 Å². The molecule has 0 saturated heterocycles. The Morgan fingerprint density at radius 1 is 1.24 bits per heavy atom. The van der Waals surface area contributed by atoms with Crippen LogP contribution in [0, 0.1) is 11.3 Å². The van der Waals surface area contributed by atoms with Crippen LogP contribution < -0.4 is 0 Å². The van der Waals surface area contributed by atoms with Crippen LogP contribution in [0.2, 0.25) is 0 Å². The third-order valence-electron chi connectivity index (χ3n) is 3.38. The van der Waals surface area contributed by atoms with Crippen LogP contribution >= 0.6 is 0 Å². The van der Waals surface area contributed by atoms with Gasteiger partial charge in [0.25, 0.3) is 0 Å². The Balaban J connectivity index is 3.12. The van der Waals surface area contributed by atoms with Crippen molar-refractivity contribution < 1.29 is 4.79 Å². The van der Waals surface area contributed by atoms with Gasteiger partial charge in [-0.05, 0) is 0 Å². The van der Waals surface area contributed by atoms with Gasteiger partial charge < -0.3 is 0 Å². The summed E-state index contributed by atoms with van der Waals surface area (Å²) in [7, 11) is 0. The van der Waals surface area contributed by atoms with Crippen molar-refractivity contribution in [1.29, 1.82) is 5.26 Å². The van der Waals surface area contributed by atoms with Gasteiger partial charge in [0.05, 0.1) is 0 Å². The molecule has 0 spiro atoms. The maximum absolute atomic E-state index is 12.5. The van der Waals surface area contributed by atoms with E-state index >= 15 is 0 Å². The number of carbonyl (C=O) groups excluding carboxylic acids is 1. The molecule has 3 nitrogen and oxygen atoms in total. The van der Waals surface area contributed by atoms with Gasteiger partial charge in [-0.2, -0.15) is 0 Å². The maximum atomic E-state index is 12.5. The van der Waals surface area contributed by atoms with E-state index in [2.05, 4.69) is 22.1 Å². The van der Waals surface area contributed by atoms with Gasteiger partial charge in [-0.15, -0.1) is 0 Å². The Bertz CT molecular complexity index is 527. The van der Waals surface area contributed by atoms with Gasteiger partial charge in [-0.3, -0.25) is 0 Å². The van der Waals surface area contributed by atoms with E-state index in [9.17, 15) is 4.79 Å². The average Bonchev–Trinajstić information content (AvgIpc) is 2.53. The number of allylic oxidation sites excluding steroid dienone is 1. The molecule has 0 atom stereocenters. The monoisotopic (exact) mass is 350 g/mol. The zero-order chi connectivity index (χ0) is 15.7. The molecule has 0 aromatic heterocycles. The number of nitriles is 1. The molecular formula is C17H22N2OSe. The third kappa shape index (κ3) is 5.04. The molecule has 0 aliphatic heterocycles. The molecule has 1 amide bonds. The van der Waals surface area contributed by atoms with Crippen molar-refractivity contribution in [3.8, 4) is 6.07 Å². The van der Waals surface area contributed by atoms with E-state index in [4.69, 9.17) is 5.26 Å². The summed E-state index contributed by atoms with van der Waals surface area (Å²) in [6.45, 7) is 5.38. The number of hydrogen-bond donors (Lipinski definition) is 0. The van der Waals surface area contributed by atoms with Crippen LogP contribution in [0.25, 0.3) is 5.57 Å². The molecule has 0 bridgehead atoms. The number of benzene rings is 1. The molecule has 1 aromatic rings. The van der Waals surface area contributed by atoms with Gasteiger partial charge in [0, 0.05) is 0 Å². The molecule has 0 saturated carbocycles. The summed E-state index contributed by atoms with van der Waals surface area (Å²) in [6, 6.07) is 12.1. The molecule has 4 heteroatoms. The SMILES string of the molecule is CCN(CC)C(=O)C([SeH])=C(CCCC#N)c1ccccc1. The van der Waals surface area contributed by atoms with E-state index in [1.807, 2.05) is 49.1 Å². The summed E-state index contributed by atoms with van der Waals surface area (Å²) in [5.74, 6) is 0.0656. The first kappa shape index (κ1) is 17.5. The first-order valence-corrected chi connectivity index (χ1v) is 8.23. The first-order valence-electron chi connectivity index (χ1n) is 7.29. The number of carbonyl (C=O) groups is 1. The predicted molar refractivity (Wildman–Crippen MR) is 87.9 cm³/mol. The minimum atomic E-state index is 0.0656. The van der Waals surface area contributed by atoms with E-state index in [1.165, 1.54) is 0 Å². The summed E-state index contributed by atoms with van der Waals surface area (Å²) in [4.78, 5) is 14.4. The van der Waals surface area contributed by atoms with Crippen LogP contribution in [-0.4, -0.2) is 39.9 Å². The van der Waals surface area contributed by atoms with Gasteiger partial charge in [0.2, 0.25) is 0 Å². The van der Waals surface area contributed by atoms with Crippen molar-refractivity contribution >= 4 is 27.5 Å². The van der Waals surface area contributed by atoms with Crippen molar-refractivity contribution in [3.63, 3.8) is 0 Å². The molecule has 0 N–H and O–H groups in total. The predicted octanol–water partition coefficient (Wildman–Crippen LogP) is 2.86. The second-order valence-corrected chi connectivity index (χ2v) is 5.62. The number of likely N-dealkylation sites (N-methyl/N-ethyl adjacent to an activating group) is 1. The van der Waals surface area contributed by atoms with E-state index < -0.39 is 0 Å². The Labute approximate surface area is 135 Å². The molecule has 112 valence electrons. The van der Waals surface area contributed by atoms with E-state index in [-0.39, 0.29) is 5.91 Å². The molecule has 0 aliphatic rings. The normalized spacial score (nSPS) is 11.5. The summed E-state index contributed by atoms with van der Waals surface area (Å²) in [5, 5.41) is 8.72. The van der Waals surface area contributed by atoms with E-state index in [0.717, 1.165) is 28.4 Å². The van der Waals surface area contributed by atoms with Crippen molar-refractivity contribution in [2.75, 3.05) is 13.1 Å². The molecule has 0 heterocycles. The second kappa shape index (κ2) is 9.39. The van der Waals surface area contributed by atoms with Crippen LogP contribution in [0.15, 0.2) is 34.8 Å². The average molecular weight is 349 g/mol. The Hall–Kier alpha value is -1.56. The Morgan fingerprint density at radius 2 is 1.86 bits per heavy atom. The number of amides is 1. The second-order valence-electron chi connectivity index (χ2n) is 4.68. The van der Waals surface area contributed by atoms with Crippen molar-refractivity contribution in [3.05, 3.63) is 40.4 Å². The summed E-state index contributed by atoms with van der Waals surface area (Å²) < 4.78 is 0.732. The number of rotatable bonds is 7. The van der Waals surface area contributed by atoms with Crippen LogP contribution in [0.5, 0.6) is 0 Å². The van der Waals surface area contributed by atoms with Gasteiger partial charge in [0.1, 0.15) is 0 Å². The molecule has 0 aliphatic carbocycles. The van der Waals surface area contributed by atoms with Gasteiger partial charge >= 0.3 is 135 Å². The van der Waals surface area contributed by atoms with Gasteiger partial charge in [-0.1, -0.05) is 0 Å².